The van der Waals surface area contributed by atoms with E-state index < -0.39 is 32.3 Å². The predicted molar refractivity (Wildman–Crippen MR) is 115 cm³/mol. The van der Waals surface area contributed by atoms with Crippen LogP contribution in [0.4, 0.5) is 11.4 Å². The van der Waals surface area contributed by atoms with Crippen molar-refractivity contribution in [2.24, 2.45) is 0 Å². The van der Waals surface area contributed by atoms with Crippen molar-refractivity contribution >= 4 is 64.9 Å². The Morgan fingerprint density at radius 3 is 2.14 bits per heavy atom. The minimum Gasteiger partial charge on any atom is -0.481 e. The van der Waals surface area contributed by atoms with Gasteiger partial charge in [-0.05, 0) is 6.07 Å². The number of carbonyl (C=O) groups excluding carboxylic acids is 1. The number of hydrogen-bond acceptors (Lipinski definition) is 7. The van der Waals surface area contributed by atoms with Crippen molar-refractivity contribution in [2.45, 2.75) is 11.3 Å². The highest BCUT2D eigenvalue weighted by Crippen LogP contribution is 2.34. The third-order valence-electron chi connectivity index (χ3n) is 3.96. The van der Waals surface area contributed by atoms with Crippen LogP contribution in [0.5, 0.6) is 0 Å². The fourth-order valence-corrected chi connectivity index (χ4v) is 4.30. The minimum atomic E-state index is -3.83. The zero-order valence-corrected chi connectivity index (χ0v) is 19.8. The summed E-state index contributed by atoms with van der Waals surface area (Å²) in [5, 5.41) is 21.3. The van der Waals surface area contributed by atoms with E-state index in [1.54, 1.807) is 4.90 Å². The van der Waals surface area contributed by atoms with Gasteiger partial charge >= 0.3 is 5.97 Å². The number of carboxylic acids is 1. The van der Waals surface area contributed by atoms with Gasteiger partial charge in [-0.25, -0.2) is 8.42 Å². The van der Waals surface area contributed by atoms with Crippen molar-refractivity contribution < 1.29 is 28.0 Å². The van der Waals surface area contributed by atoms with E-state index in [0.29, 0.717) is 23.7 Å². The maximum Gasteiger partial charge on any atom is 0.305 e. The predicted octanol–water partition coefficient (Wildman–Crippen LogP) is 2.14. The average Bonchev–Trinajstić information content (AvgIpc) is 2.63. The Labute approximate surface area is 185 Å². The molecule has 1 N–H and O–H groups in total. The van der Waals surface area contributed by atoms with E-state index in [9.17, 15) is 28.1 Å². The first-order valence-electron chi connectivity index (χ1n) is 8.30. The molecule has 1 rings (SSSR count). The Bertz CT molecular complexity index is 887. The van der Waals surface area contributed by atoms with Crippen LogP contribution in [0.3, 0.4) is 0 Å². The maximum absolute atomic E-state index is 12.8. The second-order valence-electron chi connectivity index (χ2n) is 6.10. The third kappa shape index (κ3) is 6.93. The van der Waals surface area contributed by atoms with E-state index in [4.69, 9.17) is 5.11 Å². The number of carbonyl (C=O) groups is 2. The number of nitrogens with zero attached hydrogens (tertiary/aromatic N) is 3. The van der Waals surface area contributed by atoms with Gasteiger partial charge in [0.2, 0.25) is 0 Å². The van der Waals surface area contributed by atoms with Crippen LogP contribution in [0.25, 0.3) is 0 Å². The molecule has 162 valence electrons. The Hall–Kier alpha value is -1.73. The molecule has 1 aromatic rings. The summed E-state index contributed by atoms with van der Waals surface area (Å²) >= 11 is 6.58. The SMILES string of the molecule is CN(CCC(=O)O)C(=O)c1cc(N(CCBr)CCBr)c(S(C)(=O)=O)cc1[N+](=O)[O-]. The van der Waals surface area contributed by atoms with Crippen LogP contribution in [0.2, 0.25) is 0 Å². The lowest BCUT2D eigenvalue weighted by molar-refractivity contribution is -0.385. The van der Waals surface area contributed by atoms with Gasteiger partial charge in [0.15, 0.2) is 9.84 Å². The summed E-state index contributed by atoms with van der Waals surface area (Å²) in [6, 6.07) is 2.08. The van der Waals surface area contributed by atoms with Crippen LogP contribution in [0.1, 0.15) is 16.8 Å². The highest BCUT2D eigenvalue weighted by molar-refractivity contribution is 9.09. The second kappa shape index (κ2) is 10.9. The highest BCUT2D eigenvalue weighted by Gasteiger charge is 2.30. The van der Waals surface area contributed by atoms with E-state index in [2.05, 4.69) is 31.9 Å². The number of halogens is 2. The van der Waals surface area contributed by atoms with E-state index >= 15 is 0 Å². The van der Waals surface area contributed by atoms with Crippen molar-refractivity contribution in [1.82, 2.24) is 4.90 Å². The molecule has 0 saturated carbocycles. The molecule has 0 spiro atoms. The fourth-order valence-electron chi connectivity index (χ4n) is 2.55. The van der Waals surface area contributed by atoms with Gasteiger partial charge in [-0.3, -0.25) is 19.7 Å². The van der Waals surface area contributed by atoms with Crippen molar-refractivity contribution in [3.05, 3.63) is 27.8 Å². The molecule has 0 aliphatic rings. The van der Waals surface area contributed by atoms with E-state index in [0.717, 1.165) is 17.2 Å². The first-order chi connectivity index (χ1) is 13.4. The van der Waals surface area contributed by atoms with E-state index in [1.165, 1.54) is 13.1 Å². The lowest BCUT2D eigenvalue weighted by Crippen LogP contribution is -2.32. The summed E-state index contributed by atoms with van der Waals surface area (Å²) in [5.41, 5.74) is -0.787. The zero-order valence-electron chi connectivity index (χ0n) is 15.8. The van der Waals surface area contributed by atoms with Gasteiger partial charge < -0.3 is 14.9 Å². The summed E-state index contributed by atoms with van der Waals surface area (Å²) in [4.78, 5) is 36.7. The van der Waals surface area contributed by atoms with Crippen LogP contribution in [0.15, 0.2) is 17.0 Å². The Morgan fingerprint density at radius 1 is 1.17 bits per heavy atom. The molecule has 0 fully saturated rings. The van der Waals surface area contributed by atoms with Crippen molar-refractivity contribution in [3.8, 4) is 0 Å². The average molecular weight is 559 g/mol. The number of anilines is 1. The van der Waals surface area contributed by atoms with Crippen molar-refractivity contribution in [1.29, 1.82) is 0 Å². The minimum absolute atomic E-state index is 0.152. The van der Waals surface area contributed by atoms with E-state index in [1.807, 2.05) is 0 Å². The number of sulfone groups is 1. The topological polar surface area (TPSA) is 138 Å². The summed E-state index contributed by atoms with van der Waals surface area (Å²) in [6.07, 6.45) is 0.611. The zero-order chi connectivity index (χ0) is 22.4. The Balaban J connectivity index is 3.67. The van der Waals surface area contributed by atoms with Gasteiger partial charge in [0, 0.05) is 49.7 Å². The lowest BCUT2D eigenvalue weighted by atomic mass is 10.1. The summed E-state index contributed by atoms with van der Waals surface area (Å²) in [7, 11) is -2.51. The molecule has 29 heavy (non-hydrogen) atoms. The largest absolute Gasteiger partial charge is 0.481 e. The van der Waals surface area contributed by atoms with Crippen LogP contribution in [0, 0.1) is 10.1 Å². The fraction of sp³-hybridized carbons (Fsp3) is 0.500. The van der Waals surface area contributed by atoms with Crippen LogP contribution < -0.4 is 4.90 Å². The Kier molecular flexibility index (Phi) is 9.49. The summed E-state index contributed by atoms with van der Waals surface area (Å²) in [5.74, 6) is -1.88. The molecule has 0 saturated heterocycles. The van der Waals surface area contributed by atoms with Crippen LogP contribution in [-0.4, -0.2) is 78.8 Å². The number of alkyl halides is 2. The van der Waals surface area contributed by atoms with Gasteiger partial charge in [0.25, 0.3) is 11.6 Å². The second-order valence-corrected chi connectivity index (χ2v) is 9.67. The number of nitro groups is 1. The number of nitro benzene ring substituents is 1. The number of benzene rings is 1. The summed E-state index contributed by atoms with van der Waals surface area (Å²) < 4.78 is 24.6. The van der Waals surface area contributed by atoms with Crippen molar-refractivity contribution in [3.63, 3.8) is 0 Å². The number of aliphatic carboxylic acids is 1. The molecule has 1 aromatic carbocycles. The standard InChI is InChI=1S/C16H21Br2N3O7S/c1-19(6-3-15(22)23)16(24)11-9-13(20(7-4-17)8-5-18)14(29(2,27)28)10-12(11)21(25)26/h9-10H,3-8H2,1-2H3,(H,22,23). The highest BCUT2D eigenvalue weighted by atomic mass is 79.9. The number of hydrogen-bond donors (Lipinski definition) is 1. The summed E-state index contributed by atoms with van der Waals surface area (Å²) in [6.45, 7) is 0.643. The van der Waals surface area contributed by atoms with Crippen LogP contribution in [-0.2, 0) is 14.6 Å². The molecule has 0 radical (unpaired) electrons. The Morgan fingerprint density at radius 2 is 1.72 bits per heavy atom. The monoisotopic (exact) mass is 557 g/mol. The van der Waals surface area contributed by atoms with Gasteiger partial charge in [0.1, 0.15) is 5.56 Å². The molecular weight excluding hydrogens is 538 g/mol. The van der Waals surface area contributed by atoms with Gasteiger partial charge in [0.05, 0.1) is 21.9 Å². The molecule has 0 bridgehead atoms. The van der Waals surface area contributed by atoms with Gasteiger partial charge in [-0.1, -0.05) is 31.9 Å². The van der Waals surface area contributed by atoms with Crippen molar-refractivity contribution in [2.75, 3.05) is 48.5 Å². The molecule has 0 aromatic heterocycles. The van der Waals surface area contributed by atoms with Gasteiger partial charge in [-0.15, -0.1) is 0 Å². The van der Waals surface area contributed by atoms with Crippen LogP contribution >= 0.6 is 31.9 Å². The molecular formula is C16H21Br2N3O7S. The molecule has 0 unspecified atom stereocenters. The molecule has 0 heterocycles. The molecule has 13 heteroatoms. The smallest absolute Gasteiger partial charge is 0.305 e. The normalized spacial score (nSPS) is 11.2. The first-order valence-corrected chi connectivity index (χ1v) is 12.4. The molecule has 0 atom stereocenters. The molecule has 1 amide bonds. The lowest BCUT2D eigenvalue weighted by Gasteiger charge is -2.26. The number of carboxylic acid groups (broad SMARTS) is 1. The number of amides is 1. The van der Waals surface area contributed by atoms with Gasteiger partial charge in [-0.2, -0.15) is 0 Å². The molecule has 10 nitrogen and oxygen atoms in total. The quantitative estimate of drug-likeness (QED) is 0.247. The molecule has 0 aliphatic heterocycles. The number of rotatable bonds is 11. The third-order valence-corrected chi connectivity index (χ3v) is 5.80. The maximum atomic E-state index is 12.8. The first kappa shape index (κ1) is 25.3. The molecule has 0 aliphatic carbocycles. The van der Waals surface area contributed by atoms with E-state index in [-0.39, 0.29) is 29.1 Å².